The van der Waals surface area contributed by atoms with E-state index >= 15 is 0 Å². The monoisotopic (exact) mass is 298 g/mol. The van der Waals surface area contributed by atoms with Gasteiger partial charge in [-0.3, -0.25) is 0 Å². The van der Waals surface area contributed by atoms with Crippen LogP contribution in [-0.2, 0) is 0 Å². The molecule has 0 amide bonds. The van der Waals surface area contributed by atoms with E-state index in [0.29, 0.717) is 0 Å². The van der Waals surface area contributed by atoms with E-state index in [1.807, 2.05) is 39.8 Å². The highest BCUT2D eigenvalue weighted by Gasteiger charge is 2.41. The summed E-state index contributed by atoms with van der Waals surface area (Å²) >= 11 is 0. The van der Waals surface area contributed by atoms with Crippen molar-refractivity contribution in [3.8, 4) is 24.3 Å². The van der Waals surface area contributed by atoms with Crippen LogP contribution in [0.15, 0.2) is 10.2 Å². The van der Waals surface area contributed by atoms with E-state index in [1.165, 1.54) is 13.8 Å². The van der Waals surface area contributed by atoms with Crippen molar-refractivity contribution in [3.63, 3.8) is 0 Å². The minimum atomic E-state index is -1.35. The summed E-state index contributed by atoms with van der Waals surface area (Å²) in [6.07, 6.45) is 0. The van der Waals surface area contributed by atoms with Gasteiger partial charge in [-0.25, -0.2) is 0 Å². The van der Waals surface area contributed by atoms with Gasteiger partial charge >= 0.3 is 0 Å². The number of nitrogens with zero attached hydrogens (tertiary/aromatic N) is 6. The second-order valence-corrected chi connectivity index (χ2v) is 6.42. The quantitative estimate of drug-likeness (QED) is 0.695. The lowest BCUT2D eigenvalue weighted by Gasteiger charge is -2.28. The summed E-state index contributed by atoms with van der Waals surface area (Å²) < 4.78 is 0. The van der Waals surface area contributed by atoms with Crippen LogP contribution < -0.4 is 0 Å². The van der Waals surface area contributed by atoms with E-state index < -0.39 is 22.9 Å². The summed E-state index contributed by atoms with van der Waals surface area (Å²) in [4.78, 5) is 0. The molecule has 0 aromatic carbocycles. The lowest BCUT2D eigenvalue weighted by molar-refractivity contribution is 0.300. The van der Waals surface area contributed by atoms with E-state index in [9.17, 15) is 21.0 Å². The molecule has 0 aliphatic rings. The SMILES string of the molecule is CC(C)C(C#N)C(C)(C#N)N=NC(C)(C#N)C(C#N)C(C)C. The van der Waals surface area contributed by atoms with Gasteiger partial charge in [-0.2, -0.15) is 31.3 Å². The Labute approximate surface area is 132 Å². The summed E-state index contributed by atoms with van der Waals surface area (Å²) in [7, 11) is 0. The highest BCUT2D eigenvalue weighted by molar-refractivity contribution is 5.18. The highest BCUT2D eigenvalue weighted by Crippen LogP contribution is 2.32. The fraction of sp³-hybridized carbons (Fsp3) is 0.750. The molecule has 0 heterocycles. The lowest BCUT2D eigenvalue weighted by Crippen LogP contribution is -2.37. The summed E-state index contributed by atoms with van der Waals surface area (Å²) in [5.74, 6) is -1.47. The van der Waals surface area contributed by atoms with Crippen molar-refractivity contribution in [3.05, 3.63) is 0 Å². The van der Waals surface area contributed by atoms with E-state index in [2.05, 4.69) is 22.4 Å². The Morgan fingerprint density at radius 2 is 0.955 bits per heavy atom. The van der Waals surface area contributed by atoms with Crippen molar-refractivity contribution >= 4 is 0 Å². The van der Waals surface area contributed by atoms with Crippen molar-refractivity contribution in [2.24, 2.45) is 33.9 Å². The molecule has 22 heavy (non-hydrogen) atoms. The Kier molecular flexibility index (Phi) is 6.70. The fourth-order valence-electron chi connectivity index (χ4n) is 2.36. The first kappa shape index (κ1) is 19.6. The third-order valence-corrected chi connectivity index (χ3v) is 3.74. The van der Waals surface area contributed by atoms with Crippen LogP contribution in [-0.4, -0.2) is 11.1 Å². The summed E-state index contributed by atoms with van der Waals surface area (Å²) in [5.41, 5.74) is -2.70. The molecule has 0 aliphatic carbocycles. The molecule has 0 spiro atoms. The highest BCUT2D eigenvalue weighted by atomic mass is 15.2. The van der Waals surface area contributed by atoms with Crippen molar-refractivity contribution in [1.29, 1.82) is 21.0 Å². The second kappa shape index (κ2) is 7.53. The molecule has 0 saturated heterocycles. The van der Waals surface area contributed by atoms with Gasteiger partial charge in [-0.05, 0) is 25.7 Å². The molecule has 0 bridgehead atoms. The van der Waals surface area contributed by atoms with E-state index in [0.717, 1.165) is 0 Å². The van der Waals surface area contributed by atoms with Crippen molar-refractivity contribution < 1.29 is 0 Å². The predicted octanol–water partition coefficient (Wildman–Crippen LogP) is 3.59. The van der Waals surface area contributed by atoms with E-state index in [4.69, 9.17) is 0 Å². The zero-order valence-corrected chi connectivity index (χ0v) is 14.0. The first-order valence-corrected chi connectivity index (χ1v) is 7.17. The van der Waals surface area contributed by atoms with Crippen molar-refractivity contribution in [1.82, 2.24) is 0 Å². The van der Waals surface area contributed by atoms with Crippen LogP contribution in [0.3, 0.4) is 0 Å². The van der Waals surface area contributed by atoms with Gasteiger partial charge in [-0.15, -0.1) is 0 Å². The smallest absolute Gasteiger partial charge is 0.180 e. The molecular formula is C16H22N6. The maximum Gasteiger partial charge on any atom is 0.180 e. The average Bonchev–Trinajstić information content (AvgIpc) is 2.45. The molecule has 0 aromatic heterocycles. The molecule has 0 N–H and O–H groups in total. The van der Waals surface area contributed by atoms with Crippen molar-refractivity contribution in [2.75, 3.05) is 0 Å². The molecule has 0 aromatic rings. The fourth-order valence-corrected chi connectivity index (χ4v) is 2.36. The zero-order chi connectivity index (χ0) is 17.6. The van der Waals surface area contributed by atoms with Gasteiger partial charge in [0, 0.05) is 0 Å². The second-order valence-electron chi connectivity index (χ2n) is 6.42. The zero-order valence-electron chi connectivity index (χ0n) is 14.0. The number of azo groups is 1. The van der Waals surface area contributed by atoms with Crippen LogP contribution in [0.4, 0.5) is 0 Å². The number of rotatable bonds is 6. The molecule has 4 atom stereocenters. The van der Waals surface area contributed by atoms with Crippen LogP contribution >= 0.6 is 0 Å². The maximum atomic E-state index is 9.41. The minimum Gasteiger partial charge on any atom is -0.198 e. The molecule has 0 saturated carbocycles. The van der Waals surface area contributed by atoms with Gasteiger partial charge in [0.1, 0.15) is 0 Å². The Morgan fingerprint density at radius 1 is 0.682 bits per heavy atom. The van der Waals surface area contributed by atoms with Gasteiger partial charge in [0.05, 0.1) is 36.1 Å². The Hall–Kier alpha value is -2.44. The van der Waals surface area contributed by atoms with Gasteiger partial charge in [0.25, 0.3) is 0 Å². The van der Waals surface area contributed by atoms with Crippen LogP contribution in [0.2, 0.25) is 0 Å². The maximum absolute atomic E-state index is 9.41. The topological polar surface area (TPSA) is 120 Å². The van der Waals surface area contributed by atoms with Crippen LogP contribution in [0.25, 0.3) is 0 Å². The molecule has 0 radical (unpaired) electrons. The van der Waals surface area contributed by atoms with E-state index in [-0.39, 0.29) is 11.8 Å². The predicted molar refractivity (Wildman–Crippen MR) is 80.8 cm³/mol. The standard InChI is InChI=1S/C16H22N6/c1-11(2)13(7-17)15(5,9-19)21-22-16(6,10-20)14(8-18)12(3)4/h11-14H,1-6H3. The summed E-state index contributed by atoms with van der Waals surface area (Å²) in [5, 5.41) is 45.4. The molecule has 0 rings (SSSR count). The van der Waals surface area contributed by atoms with Gasteiger partial charge in [0.2, 0.25) is 0 Å². The molecule has 116 valence electrons. The first-order chi connectivity index (χ1) is 10.1. The third-order valence-electron chi connectivity index (χ3n) is 3.74. The lowest BCUT2D eigenvalue weighted by atomic mass is 9.80. The van der Waals surface area contributed by atoms with Crippen LogP contribution in [0.1, 0.15) is 41.5 Å². The van der Waals surface area contributed by atoms with Crippen LogP contribution in [0.5, 0.6) is 0 Å². The number of hydrogen-bond acceptors (Lipinski definition) is 6. The Bertz CT molecular complexity index is 528. The third kappa shape index (κ3) is 4.03. The molecule has 0 aliphatic heterocycles. The van der Waals surface area contributed by atoms with Gasteiger partial charge < -0.3 is 0 Å². The summed E-state index contributed by atoms with van der Waals surface area (Å²) in [6.45, 7) is 10.4. The number of hydrogen-bond donors (Lipinski definition) is 0. The molecule has 6 nitrogen and oxygen atoms in total. The van der Waals surface area contributed by atoms with Gasteiger partial charge in [-0.1, -0.05) is 27.7 Å². The number of nitriles is 4. The normalized spacial score (nSPS) is 19.3. The molecule has 0 fully saturated rings. The minimum absolute atomic E-state index is 0.0844. The van der Waals surface area contributed by atoms with Crippen LogP contribution in [0, 0.1) is 69.0 Å². The van der Waals surface area contributed by atoms with E-state index in [1.54, 1.807) is 0 Å². The molecular weight excluding hydrogens is 276 g/mol. The average molecular weight is 298 g/mol. The molecule has 4 unspecified atom stereocenters. The van der Waals surface area contributed by atoms with Gasteiger partial charge in [0.15, 0.2) is 11.1 Å². The van der Waals surface area contributed by atoms with Crippen molar-refractivity contribution in [2.45, 2.75) is 52.6 Å². The summed E-state index contributed by atoms with van der Waals surface area (Å²) in [6, 6.07) is 8.22. The Morgan fingerprint density at radius 3 is 1.09 bits per heavy atom. The largest absolute Gasteiger partial charge is 0.198 e. The molecule has 6 heteroatoms. The Balaban J connectivity index is 5.81. The first-order valence-electron chi connectivity index (χ1n) is 7.17.